The van der Waals surface area contributed by atoms with Gasteiger partial charge in [0.1, 0.15) is 24.6 Å². The first-order chi connectivity index (χ1) is 17.9. The number of ether oxygens (including phenoxy) is 2. The third kappa shape index (κ3) is 5.20. The van der Waals surface area contributed by atoms with Crippen LogP contribution in [-0.4, -0.2) is 54.7 Å². The predicted molar refractivity (Wildman–Crippen MR) is 135 cm³/mol. The molecule has 5 rings (SSSR count). The number of nitrogens with two attached hydrogens (primary N) is 1. The highest BCUT2D eigenvalue weighted by molar-refractivity contribution is 6.30. The summed E-state index contributed by atoms with van der Waals surface area (Å²) in [4.78, 5) is 12.8. The van der Waals surface area contributed by atoms with Crippen molar-refractivity contribution in [1.82, 2.24) is 19.5 Å². The van der Waals surface area contributed by atoms with Crippen LogP contribution in [0.25, 0.3) is 11.2 Å². The van der Waals surface area contributed by atoms with Crippen LogP contribution in [0, 0.1) is 11.3 Å². The van der Waals surface area contributed by atoms with Crippen molar-refractivity contribution in [3.8, 4) is 6.07 Å². The van der Waals surface area contributed by atoms with Gasteiger partial charge in [-0.2, -0.15) is 5.26 Å². The molecule has 0 spiro atoms. The molecule has 0 aliphatic carbocycles. The fraction of sp³-hybridized carbons (Fsp3) is 0.280. The summed E-state index contributed by atoms with van der Waals surface area (Å²) in [6.07, 6.45) is -3.01. The average Bonchev–Trinajstić information content (AvgIpc) is 3.42. The van der Waals surface area contributed by atoms with Crippen LogP contribution < -0.4 is 11.1 Å². The second kappa shape index (κ2) is 10.7. The number of rotatable bonds is 8. The van der Waals surface area contributed by atoms with Gasteiger partial charge in [-0.1, -0.05) is 35.9 Å². The topological polar surface area (TPSA) is 164 Å². The third-order valence-electron chi connectivity index (χ3n) is 6.09. The molecule has 2 aromatic carbocycles. The van der Waals surface area contributed by atoms with Crippen molar-refractivity contribution in [2.24, 2.45) is 0 Å². The van der Waals surface area contributed by atoms with Crippen LogP contribution in [0.15, 0.2) is 54.9 Å². The van der Waals surface area contributed by atoms with Crippen LogP contribution in [0.1, 0.15) is 22.9 Å². The zero-order valence-electron chi connectivity index (χ0n) is 19.5. The van der Waals surface area contributed by atoms with E-state index in [-0.39, 0.29) is 19.0 Å². The lowest BCUT2D eigenvalue weighted by Crippen LogP contribution is -2.34. The van der Waals surface area contributed by atoms with Crippen molar-refractivity contribution >= 4 is 34.5 Å². The molecule has 0 radical (unpaired) electrons. The van der Waals surface area contributed by atoms with Gasteiger partial charge in [0.15, 0.2) is 23.2 Å². The maximum absolute atomic E-state index is 10.9. The van der Waals surface area contributed by atoms with Crippen LogP contribution in [0.4, 0.5) is 11.8 Å². The normalized spacial score (nSPS) is 21.2. The Bertz CT molecular complexity index is 1420. The Labute approximate surface area is 217 Å². The van der Waals surface area contributed by atoms with Gasteiger partial charge in [-0.3, -0.25) is 4.57 Å². The van der Waals surface area contributed by atoms with Crippen LogP contribution in [0.3, 0.4) is 0 Å². The van der Waals surface area contributed by atoms with Crippen LogP contribution in [0.2, 0.25) is 5.02 Å². The number of nitrogens with zero attached hydrogens (tertiary/aromatic N) is 5. The van der Waals surface area contributed by atoms with E-state index >= 15 is 0 Å². The van der Waals surface area contributed by atoms with E-state index in [9.17, 15) is 10.2 Å². The summed E-state index contributed by atoms with van der Waals surface area (Å²) >= 11 is 5.98. The highest BCUT2D eigenvalue weighted by Crippen LogP contribution is 2.35. The first kappa shape index (κ1) is 24.9. The summed E-state index contributed by atoms with van der Waals surface area (Å²) < 4.78 is 13.4. The van der Waals surface area contributed by atoms with Crippen LogP contribution in [0.5, 0.6) is 0 Å². The number of nitriles is 1. The van der Waals surface area contributed by atoms with Gasteiger partial charge in [-0.05, 0) is 35.4 Å². The molecule has 12 heteroatoms. The highest BCUT2D eigenvalue weighted by Gasteiger charge is 2.45. The number of fused-ring (bicyclic) bond motifs is 1. The third-order valence-corrected chi connectivity index (χ3v) is 6.35. The number of nitrogen functional groups attached to an aromatic ring is 1. The van der Waals surface area contributed by atoms with Gasteiger partial charge in [0.05, 0.1) is 24.8 Å². The van der Waals surface area contributed by atoms with Gasteiger partial charge in [-0.25, -0.2) is 15.0 Å². The molecule has 3 heterocycles. The molecule has 0 unspecified atom stereocenters. The molecule has 4 atom stereocenters. The van der Waals surface area contributed by atoms with Crippen LogP contribution in [-0.2, 0) is 22.6 Å². The molecule has 11 nitrogen and oxygen atoms in total. The number of halogens is 1. The number of aromatic nitrogens is 4. The first-order valence-electron chi connectivity index (χ1n) is 11.5. The van der Waals surface area contributed by atoms with E-state index in [0.29, 0.717) is 34.2 Å². The number of anilines is 2. The average molecular weight is 522 g/mol. The quantitative estimate of drug-likeness (QED) is 0.270. The molecule has 5 N–H and O–H groups in total. The monoisotopic (exact) mass is 521 g/mol. The second-order valence-corrected chi connectivity index (χ2v) is 9.02. The molecule has 37 heavy (non-hydrogen) atoms. The molecule has 0 bridgehead atoms. The lowest BCUT2D eigenvalue weighted by molar-refractivity contribution is -0.0675. The Balaban J connectivity index is 1.34. The fourth-order valence-electron chi connectivity index (χ4n) is 4.12. The summed E-state index contributed by atoms with van der Waals surface area (Å²) in [5.74, 6) is 0.515. The maximum Gasteiger partial charge on any atom is 0.207 e. The number of nitrogens with one attached hydrogen (secondary N) is 1. The van der Waals surface area contributed by atoms with E-state index in [1.54, 1.807) is 41.0 Å². The molecule has 0 saturated carbocycles. The first-order valence-corrected chi connectivity index (χ1v) is 11.9. The van der Waals surface area contributed by atoms with Gasteiger partial charge in [0, 0.05) is 11.6 Å². The summed E-state index contributed by atoms with van der Waals surface area (Å²) in [5.41, 5.74) is 9.09. The van der Waals surface area contributed by atoms with E-state index in [4.69, 9.17) is 32.1 Å². The van der Waals surface area contributed by atoms with E-state index in [2.05, 4.69) is 26.3 Å². The summed E-state index contributed by atoms with van der Waals surface area (Å²) in [6, 6.07) is 16.4. The van der Waals surface area contributed by atoms with Crippen molar-refractivity contribution in [3.05, 3.63) is 76.6 Å². The molecule has 190 valence electrons. The number of imidazole rings is 1. The maximum atomic E-state index is 10.9. The lowest BCUT2D eigenvalue weighted by Gasteiger charge is -2.20. The molecule has 0 amide bonds. The molecular weight excluding hydrogens is 498 g/mol. The van der Waals surface area contributed by atoms with Gasteiger partial charge in [0.2, 0.25) is 5.95 Å². The summed E-state index contributed by atoms with van der Waals surface area (Å²) in [7, 11) is 0. The van der Waals surface area contributed by atoms with Crippen molar-refractivity contribution in [2.45, 2.75) is 37.7 Å². The Hall–Kier alpha value is -3.79. The van der Waals surface area contributed by atoms with E-state index in [1.807, 2.05) is 12.1 Å². The number of benzene rings is 2. The smallest absolute Gasteiger partial charge is 0.207 e. The van der Waals surface area contributed by atoms with Crippen molar-refractivity contribution in [3.63, 3.8) is 0 Å². The molecule has 1 aliphatic heterocycles. The molecule has 4 aromatic rings. The minimum atomic E-state index is -1.28. The fourth-order valence-corrected chi connectivity index (χ4v) is 4.25. The van der Waals surface area contributed by atoms with Gasteiger partial charge >= 0.3 is 0 Å². The Morgan fingerprint density at radius 1 is 1.08 bits per heavy atom. The molecule has 2 aromatic heterocycles. The SMILES string of the molecule is N#Cc1ccc(COC[C@H]2O[C@@H](n3c(NCc4ccc(Cl)cc4)nc4c(N)ncnc43)[C@H](O)[C@@H]2O)cc1. The second-order valence-electron chi connectivity index (χ2n) is 8.59. The molecule has 1 fully saturated rings. The molecule has 1 saturated heterocycles. The zero-order chi connectivity index (χ0) is 25.9. The largest absolute Gasteiger partial charge is 0.387 e. The van der Waals surface area contributed by atoms with Crippen molar-refractivity contribution in [2.75, 3.05) is 17.7 Å². The van der Waals surface area contributed by atoms with Gasteiger partial charge in [0.25, 0.3) is 0 Å². The lowest BCUT2D eigenvalue weighted by atomic mass is 10.1. The van der Waals surface area contributed by atoms with Crippen molar-refractivity contribution < 1.29 is 19.7 Å². The summed E-state index contributed by atoms with van der Waals surface area (Å²) in [5, 5.41) is 34.4. The van der Waals surface area contributed by atoms with Crippen molar-refractivity contribution in [1.29, 1.82) is 5.26 Å². The minimum absolute atomic E-state index is 0.0337. The number of hydrogen-bond acceptors (Lipinski definition) is 10. The number of aliphatic hydroxyl groups is 2. The molecule has 1 aliphatic rings. The van der Waals surface area contributed by atoms with E-state index in [0.717, 1.165) is 11.1 Å². The standard InChI is InChI=1S/C25H24ClN7O4/c26-17-7-5-15(6-8-17)10-29-25-32-19-22(28)30-13-31-23(19)33(25)24-21(35)20(34)18(37-24)12-36-11-16-3-1-14(9-27)2-4-16/h1-8,13,18,20-21,24,34-35H,10-12H2,(H,29,32)(H2,28,30,31)/t18-,20-,21-,24-/m1/s1. The highest BCUT2D eigenvalue weighted by atomic mass is 35.5. The van der Waals surface area contributed by atoms with E-state index < -0.39 is 24.5 Å². The predicted octanol–water partition coefficient (Wildman–Crippen LogP) is 2.38. The van der Waals surface area contributed by atoms with Gasteiger partial charge < -0.3 is 30.7 Å². The Morgan fingerprint density at radius 2 is 1.81 bits per heavy atom. The Morgan fingerprint density at radius 3 is 2.54 bits per heavy atom. The Kier molecular flexibility index (Phi) is 7.18. The van der Waals surface area contributed by atoms with Gasteiger partial charge in [-0.15, -0.1) is 0 Å². The van der Waals surface area contributed by atoms with Crippen LogP contribution >= 0.6 is 11.6 Å². The number of hydrogen-bond donors (Lipinski definition) is 4. The van der Waals surface area contributed by atoms with E-state index in [1.165, 1.54) is 6.33 Å². The number of aliphatic hydroxyl groups excluding tert-OH is 2. The molecular formula is C25H24ClN7O4. The zero-order valence-corrected chi connectivity index (χ0v) is 20.3. The minimum Gasteiger partial charge on any atom is -0.387 e. The summed E-state index contributed by atoms with van der Waals surface area (Å²) in [6.45, 7) is 0.688.